The Bertz CT molecular complexity index is 1250. The van der Waals surface area contributed by atoms with Crippen LogP contribution >= 0.6 is 11.6 Å². The average Bonchev–Trinajstić information content (AvgIpc) is 3.65. The Morgan fingerprint density at radius 1 is 0.868 bits per heavy atom. The van der Waals surface area contributed by atoms with Gasteiger partial charge in [-0.15, -0.1) is 0 Å². The van der Waals surface area contributed by atoms with Crippen molar-refractivity contribution in [1.82, 2.24) is 9.47 Å². The van der Waals surface area contributed by atoms with Crippen molar-refractivity contribution < 1.29 is 9.59 Å². The van der Waals surface area contributed by atoms with Crippen molar-refractivity contribution in [2.75, 3.05) is 11.4 Å². The SMILES string of the molecule is CCCCCCCCCC(=O)N(CC(=O)N1c2ccccc2-n2cccc2C1c1ccc(Cl)cc1)C1CC1. The lowest BCUT2D eigenvalue weighted by Crippen LogP contribution is -2.47. The van der Waals surface area contributed by atoms with Gasteiger partial charge in [0.15, 0.2) is 0 Å². The van der Waals surface area contributed by atoms with E-state index >= 15 is 0 Å². The van der Waals surface area contributed by atoms with Crippen LogP contribution in [0, 0.1) is 0 Å². The van der Waals surface area contributed by atoms with Crippen LogP contribution in [0.5, 0.6) is 0 Å². The molecule has 2 heterocycles. The summed E-state index contributed by atoms with van der Waals surface area (Å²) in [4.78, 5) is 31.2. The van der Waals surface area contributed by atoms with Crippen LogP contribution in [-0.2, 0) is 9.59 Å². The summed E-state index contributed by atoms with van der Waals surface area (Å²) in [6.45, 7) is 2.34. The van der Waals surface area contributed by atoms with Crippen LogP contribution in [0.3, 0.4) is 0 Å². The minimum absolute atomic E-state index is 0.0512. The number of benzene rings is 2. The van der Waals surface area contributed by atoms with E-state index in [4.69, 9.17) is 11.6 Å². The average molecular weight is 532 g/mol. The molecule has 0 N–H and O–H groups in total. The predicted molar refractivity (Wildman–Crippen MR) is 154 cm³/mol. The van der Waals surface area contributed by atoms with E-state index in [-0.39, 0.29) is 30.4 Å². The minimum atomic E-state index is -0.302. The topological polar surface area (TPSA) is 45.6 Å². The van der Waals surface area contributed by atoms with Gasteiger partial charge in [-0.1, -0.05) is 81.3 Å². The summed E-state index contributed by atoms with van der Waals surface area (Å²) in [5.74, 6) is 0.0655. The maximum atomic E-state index is 14.2. The Labute approximate surface area is 231 Å². The molecule has 0 saturated heterocycles. The number of unbranched alkanes of at least 4 members (excludes halogenated alkanes) is 6. The predicted octanol–water partition coefficient (Wildman–Crippen LogP) is 7.70. The summed E-state index contributed by atoms with van der Waals surface area (Å²) >= 11 is 6.21. The number of nitrogens with zero attached hydrogens (tertiary/aromatic N) is 3. The van der Waals surface area contributed by atoms with Crippen molar-refractivity contribution in [1.29, 1.82) is 0 Å². The lowest BCUT2D eigenvalue weighted by molar-refractivity contribution is -0.136. The van der Waals surface area contributed by atoms with E-state index in [0.29, 0.717) is 11.4 Å². The van der Waals surface area contributed by atoms with Crippen LogP contribution in [0.15, 0.2) is 66.9 Å². The second-order valence-corrected chi connectivity index (χ2v) is 11.1. The maximum absolute atomic E-state index is 14.2. The highest BCUT2D eigenvalue weighted by Crippen LogP contribution is 2.42. The zero-order valence-corrected chi connectivity index (χ0v) is 23.1. The molecule has 2 amide bonds. The molecule has 2 aromatic carbocycles. The molecule has 0 bridgehead atoms. The number of hydrogen-bond acceptors (Lipinski definition) is 2. The summed E-state index contributed by atoms with van der Waals surface area (Å²) in [5, 5.41) is 0.661. The third-order valence-corrected chi connectivity index (χ3v) is 8.03. The summed E-state index contributed by atoms with van der Waals surface area (Å²) in [5.41, 5.74) is 3.84. The van der Waals surface area contributed by atoms with Gasteiger partial charge in [0, 0.05) is 23.7 Å². The number of aromatic nitrogens is 1. The Balaban J connectivity index is 1.36. The number of carbonyl (C=O) groups is 2. The molecule has 1 aliphatic carbocycles. The first-order valence-electron chi connectivity index (χ1n) is 14.2. The Kier molecular flexibility index (Phi) is 8.53. The first-order chi connectivity index (χ1) is 18.6. The third kappa shape index (κ3) is 5.83. The highest BCUT2D eigenvalue weighted by molar-refractivity contribution is 6.30. The summed E-state index contributed by atoms with van der Waals surface area (Å²) < 4.78 is 2.16. The molecule has 38 heavy (non-hydrogen) atoms. The normalized spacial score (nSPS) is 16.2. The van der Waals surface area contributed by atoms with Crippen molar-refractivity contribution in [3.63, 3.8) is 0 Å². The largest absolute Gasteiger partial charge is 0.330 e. The first-order valence-corrected chi connectivity index (χ1v) is 14.6. The van der Waals surface area contributed by atoms with Gasteiger partial charge in [0.2, 0.25) is 11.8 Å². The summed E-state index contributed by atoms with van der Waals surface area (Å²) in [6.07, 6.45) is 12.8. The van der Waals surface area contributed by atoms with Crippen LogP contribution in [0.4, 0.5) is 5.69 Å². The highest BCUT2D eigenvalue weighted by Gasteiger charge is 2.39. The molecular formula is C32H38ClN3O2. The van der Waals surface area contributed by atoms with Gasteiger partial charge in [-0.2, -0.15) is 0 Å². The maximum Gasteiger partial charge on any atom is 0.247 e. The molecule has 200 valence electrons. The van der Waals surface area contributed by atoms with E-state index in [1.54, 1.807) is 0 Å². The van der Waals surface area contributed by atoms with Crippen molar-refractivity contribution in [2.24, 2.45) is 0 Å². The lowest BCUT2D eigenvalue weighted by Gasteiger charge is -2.39. The molecule has 6 heteroatoms. The monoisotopic (exact) mass is 531 g/mol. The van der Waals surface area contributed by atoms with Gasteiger partial charge in [0.25, 0.3) is 0 Å². The molecule has 1 aromatic heterocycles. The quantitative estimate of drug-likeness (QED) is 0.225. The zero-order chi connectivity index (χ0) is 26.5. The number of halogens is 1. The number of rotatable bonds is 12. The molecule has 0 radical (unpaired) electrons. The number of anilines is 1. The number of fused-ring (bicyclic) bond motifs is 3. The van der Waals surface area contributed by atoms with E-state index in [2.05, 4.69) is 17.6 Å². The molecule has 1 saturated carbocycles. The molecule has 1 unspecified atom stereocenters. The Morgan fingerprint density at radius 3 is 2.26 bits per heavy atom. The molecule has 1 atom stereocenters. The van der Waals surface area contributed by atoms with Crippen LogP contribution in [0.1, 0.15) is 88.4 Å². The fourth-order valence-electron chi connectivity index (χ4n) is 5.63. The third-order valence-electron chi connectivity index (χ3n) is 7.78. The van der Waals surface area contributed by atoms with E-state index in [1.165, 1.54) is 32.1 Å². The van der Waals surface area contributed by atoms with Crippen LogP contribution in [0.2, 0.25) is 5.02 Å². The van der Waals surface area contributed by atoms with E-state index in [9.17, 15) is 9.59 Å². The molecule has 1 aliphatic heterocycles. The standard InChI is InChI=1S/C32H38ClN3O2/c1-2-3-4-5-6-7-8-15-30(37)35(26-20-21-26)23-31(38)36-28-13-10-9-12-27(28)34-22-11-14-29(34)32(36)24-16-18-25(33)19-17-24/h9-14,16-19,22,26,32H,2-8,15,20-21,23H2,1H3. The second kappa shape index (κ2) is 12.2. The van der Waals surface area contributed by atoms with E-state index < -0.39 is 0 Å². The van der Waals surface area contributed by atoms with Gasteiger partial charge < -0.3 is 9.47 Å². The van der Waals surface area contributed by atoms with Gasteiger partial charge in [0.1, 0.15) is 12.6 Å². The molecular weight excluding hydrogens is 494 g/mol. The molecule has 2 aliphatic rings. The zero-order valence-electron chi connectivity index (χ0n) is 22.3. The summed E-state index contributed by atoms with van der Waals surface area (Å²) in [7, 11) is 0. The van der Waals surface area contributed by atoms with Crippen molar-refractivity contribution in [2.45, 2.75) is 83.2 Å². The highest BCUT2D eigenvalue weighted by atomic mass is 35.5. The van der Waals surface area contributed by atoms with Gasteiger partial charge in [-0.25, -0.2) is 0 Å². The van der Waals surface area contributed by atoms with E-state index in [1.807, 2.05) is 70.6 Å². The van der Waals surface area contributed by atoms with Crippen LogP contribution < -0.4 is 4.90 Å². The molecule has 0 spiro atoms. The van der Waals surface area contributed by atoms with Gasteiger partial charge in [-0.3, -0.25) is 14.5 Å². The summed E-state index contributed by atoms with van der Waals surface area (Å²) in [6, 6.07) is 19.7. The van der Waals surface area contributed by atoms with Crippen molar-refractivity contribution in [3.05, 3.63) is 83.1 Å². The van der Waals surface area contributed by atoms with Crippen molar-refractivity contribution >= 4 is 29.1 Å². The molecule has 1 fully saturated rings. The fourth-order valence-corrected chi connectivity index (χ4v) is 5.75. The van der Waals surface area contributed by atoms with Crippen LogP contribution in [0.25, 0.3) is 5.69 Å². The molecule has 5 nitrogen and oxygen atoms in total. The number of carbonyl (C=O) groups excluding carboxylic acids is 2. The number of para-hydroxylation sites is 2. The minimum Gasteiger partial charge on any atom is -0.330 e. The number of amides is 2. The number of hydrogen-bond donors (Lipinski definition) is 0. The van der Waals surface area contributed by atoms with E-state index in [0.717, 1.165) is 48.3 Å². The first kappa shape index (κ1) is 26.6. The Morgan fingerprint density at radius 2 is 1.55 bits per heavy atom. The van der Waals surface area contributed by atoms with Gasteiger partial charge in [-0.05, 0) is 61.2 Å². The molecule has 5 rings (SSSR count). The fraction of sp³-hybridized carbons (Fsp3) is 0.438. The van der Waals surface area contributed by atoms with Crippen LogP contribution in [-0.4, -0.2) is 33.9 Å². The Hall–Kier alpha value is -3.05. The van der Waals surface area contributed by atoms with Crippen molar-refractivity contribution in [3.8, 4) is 5.69 Å². The van der Waals surface area contributed by atoms with Gasteiger partial charge in [0.05, 0.1) is 17.1 Å². The molecule has 3 aromatic rings. The smallest absolute Gasteiger partial charge is 0.247 e. The second-order valence-electron chi connectivity index (χ2n) is 10.6. The van der Waals surface area contributed by atoms with Gasteiger partial charge >= 0.3 is 0 Å². The lowest BCUT2D eigenvalue weighted by atomic mass is 9.97.